The Morgan fingerprint density at radius 1 is 1.21 bits per heavy atom. The lowest BCUT2D eigenvalue weighted by Gasteiger charge is -2.29. The van der Waals surface area contributed by atoms with Crippen molar-refractivity contribution in [2.45, 2.75) is 78.3 Å². The van der Waals surface area contributed by atoms with E-state index >= 15 is 0 Å². The van der Waals surface area contributed by atoms with Crippen molar-refractivity contribution in [3.63, 3.8) is 0 Å². The number of rotatable bonds is 9. The molecule has 2 N–H and O–H groups in total. The summed E-state index contributed by atoms with van der Waals surface area (Å²) in [6.45, 7) is 9.99. The van der Waals surface area contributed by atoms with Gasteiger partial charge >= 0.3 is 0 Å². The number of hydrogen-bond donors (Lipinski definition) is 2. The minimum Gasteiger partial charge on any atom is -0.342 e. The molecular formula is C15H31N3S. The molecular weight excluding hydrogens is 254 g/mol. The van der Waals surface area contributed by atoms with Crippen LogP contribution >= 0.6 is 12.2 Å². The first-order chi connectivity index (χ1) is 9.03. The van der Waals surface area contributed by atoms with Gasteiger partial charge in [0.15, 0.2) is 5.11 Å². The van der Waals surface area contributed by atoms with Crippen molar-refractivity contribution in [1.29, 1.82) is 0 Å². The standard InChI is InChI=1S/C15H31N3S/c1-5-7-8-9-11-15(6-2)16-14(19)18(17-15)12-10-13(3)4/h13,17H,5-12H2,1-4H3,(H,16,19). The van der Waals surface area contributed by atoms with Crippen molar-refractivity contribution in [2.24, 2.45) is 5.92 Å². The molecule has 1 saturated heterocycles. The first kappa shape index (κ1) is 16.7. The van der Waals surface area contributed by atoms with E-state index in [1.807, 2.05) is 0 Å². The largest absolute Gasteiger partial charge is 0.342 e. The van der Waals surface area contributed by atoms with Gasteiger partial charge < -0.3 is 5.32 Å². The second-order valence-electron chi connectivity index (χ2n) is 6.12. The Kier molecular flexibility index (Phi) is 7.08. The number of thiocarbonyl (C=S) groups is 1. The molecule has 1 fully saturated rings. The number of nitrogens with one attached hydrogen (secondary N) is 2. The molecule has 1 aliphatic heterocycles. The molecule has 112 valence electrons. The van der Waals surface area contributed by atoms with Gasteiger partial charge in [0.2, 0.25) is 0 Å². The molecule has 0 amide bonds. The van der Waals surface area contributed by atoms with Crippen LogP contribution in [0.1, 0.15) is 72.6 Å². The molecule has 3 nitrogen and oxygen atoms in total. The van der Waals surface area contributed by atoms with Crippen LogP contribution in [-0.2, 0) is 0 Å². The Morgan fingerprint density at radius 2 is 1.95 bits per heavy atom. The van der Waals surface area contributed by atoms with E-state index in [1.54, 1.807) is 0 Å². The lowest BCUT2D eigenvalue weighted by molar-refractivity contribution is 0.188. The van der Waals surface area contributed by atoms with Crippen LogP contribution in [0.5, 0.6) is 0 Å². The molecule has 0 spiro atoms. The molecule has 0 aromatic rings. The molecule has 0 saturated carbocycles. The molecule has 1 rings (SSSR count). The highest BCUT2D eigenvalue weighted by Gasteiger charge is 2.37. The van der Waals surface area contributed by atoms with Crippen LogP contribution in [0.25, 0.3) is 0 Å². The average molecular weight is 286 g/mol. The van der Waals surface area contributed by atoms with Crippen LogP contribution in [0.15, 0.2) is 0 Å². The van der Waals surface area contributed by atoms with Gasteiger partial charge in [0.05, 0.1) is 0 Å². The van der Waals surface area contributed by atoms with Crippen molar-refractivity contribution < 1.29 is 0 Å². The quantitative estimate of drug-likeness (QED) is 0.498. The fraction of sp³-hybridized carbons (Fsp3) is 0.933. The smallest absolute Gasteiger partial charge is 0.185 e. The van der Waals surface area contributed by atoms with Gasteiger partial charge in [-0.05, 0) is 43.8 Å². The summed E-state index contributed by atoms with van der Waals surface area (Å²) in [7, 11) is 0. The lowest BCUT2D eigenvalue weighted by atomic mass is 9.99. The summed E-state index contributed by atoms with van der Waals surface area (Å²) in [5, 5.41) is 6.52. The summed E-state index contributed by atoms with van der Waals surface area (Å²) >= 11 is 5.46. The van der Waals surface area contributed by atoms with Crippen LogP contribution < -0.4 is 10.7 Å². The van der Waals surface area contributed by atoms with Gasteiger partial charge in [0.1, 0.15) is 5.66 Å². The maximum Gasteiger partial charge on any atom is 0.185 e. The van der Waals surface area contributed by atoms with Crippen molar-refractivity contribution in [2.75, 3.05) is 6.54 Å². The summed E-state index contributed by atoms with van der Waals surface area (Å²) in [5.74, 6) is 0.714. The lowest BCUT2D eigenvalue weighted by Crippen LogP contribution is -2.50. The van der Waals surface area contributed by atoms with Gasteiger partial charge in [-0.15, -0.1) is 0 Å². The number of nitrogens with zero attached hydrogens (tertiary/aromatic N) is 1. The fourth-order valence-corrected chi connectivity index (χ4v) is 2.80. The van der Waals surface area contributed by atoms with Crippen molar-refractivity contribution >= 4 is 17.3 Å². The predicted molar refractivity (Wildman–Crippen MR) is 86.8 cm³/mol. The van der Waals surface area contributed by atoms with E-state index in [0.717, 1.165) is 24.5 Å². The highest BCUT2D eigenvalue weighted by atomic mass is 32.1. The minimum atomic E-state index is 0.00179. The number of hydrogen-bond acceptors (Lipinski definition) is 2. The van der Waals surface area contributed by atoms with Gasteiger partial charge in [0, 0.05) is 6.54 Å². The minimum absolute atomic E-state index is 0.00179. The third-order valence-corrected chi connectivity index (χ3v) is 4.25. The Labute approximate surface area is 124 Å². The fourth-order valence-electron chi connectivity index (χ4n) is 2.47. The van der Waals surface area contributed by atoms with Crippen LogP contribution in [0.4, 0.5) is 0 Å². The van der Waals surface area contributed by atoms with Gasteiger partial charge in [-0.3, -0.25) is 5.01 Å². The van der Waals surface area contributed by atoms with Crippen molar-refractivity contribution in [3.8, 4) is 0 Å². The Morgan fingerprint density at radius 3 is 2.53 bits per heavy atom. The van der Waals surface area contributed by atoms with E-state index in [9.17, 15) is 0 Å². The maximum absolute atomic E-state index is 5.46. The summed E-state index contributed by atoms with van der Waals surface area (Å²) in [6.07, 6.45) is 8.60. The van der Waals surface area contributed by atoms with Gasteiger partial charge in [-0.2, -0.15) is 0 Å². The Hall–Kier alpha value is -0.350. The maximum atomic E-state index is 5.46. The monoisotopic (exact) mass is 285 g/mol. The Balaban J connectivity index is 2.44. The number of hydrazine groups is 1. The molecule has 1 atom stereocenters. The SMILES string of the molecule is CCCCCCC1(CC)NC(=S)N(CCC(C)C)N1. The molecule has 4 heteroatoms. The van der Waals surface area contributed by atoms with Gasteiger partial charge in [0.25, 0.3) is 0 Å². The predicted octanol–water partition coefficient (Wildman–Crippen LogP) is 3.80. The van der Waals surface area contributed by atoms with Crippen LogP contribution in [0.2, 0.25) is 0 Å². The zero-order valence-corrected chi connectivity index (χ0v) is 13.9. The molecule has 0 aromatic heterocycles. The molecule has 0 bridgehead atoms. The van der Waals surface area contributed by atoms with Gasteiger partial charge in [-0.25, -0.2) is 5.43 Å². The van der Waals surface area contributed by atoms with Crippen LogP contribution in [0.3, 0.4) is 0 Å². The van der Waals surface area contributed by atoms with Crippen molar-refractivity contribution in [3.05, 3.63) is 0 Å². The Bertz CT molecular complexity index is 281. The molecule has 1 unspecified atom stereocenters. The zero-order valence-electron chi connectivity index (χ0n) is 13.1. The van der Waals surface area contributed by atoms with Crippen LogP contribution in [-0.4, -0.2) is 22.3 Å². The van der Waals surface area contributed by atoms with E-state index in [0.29, 0.717) is 5.92 Å². The zero-order chi connectivity index (χ0) is 14.3. The topological polar surface area (TPSA) is 27.3 Å². The second-order valence-corrected chi connectivity index (χ2v) is 6.51. The third kappa shape index (κ3) is 5.27. The number of unbranched alkanes of at least 4 members (excludes halogenated alkanes) is 3. The first-order valence-electron chi connectivity index (χ1n) is 7.90. The van der Waals surface area contributed by atoms with E-state index in [-0.39, 0.29) is 5.66 Å². The highest BCUT2D eigenvalue weighted by molar-refractivity contribution is 7.80. The summed E-state index contributed by atoms with van der Waals surface area (Å²) in [5.41, 5.74) is 3.62. The average Bonchev–Trinajstić information content (AvgIpc) is 2.70. The molecule has 0 aliphatic carbocycles. The third-order valence-electron chi connectivity index (χ3n) is 3.93. The van der Waals surface area contributed by atoms with Crippen molar-refractivity contribution in [1.82, 2.24) is 15.8 Å². The normalized spacial score (nSPS) is 23.2. The first-order valence-corrected chi connectivity index (χ1v) is 8.31. The molecule has 1 aliphatic rings. The van der Waals surface area contributed by atoms with E-state index in [4.69, 9.17) is 12.2 Å². The molecule has 0 aromatic carbocycles. The van der Waals surface area contributed by atoms with E-state index in [1.165, 1.54) is 32.1 Å². The highest BCUT2D eigenvalue weighted by Crippen LogP contribution is 2.22. The molecule has 19 heavy (non-hydrogen) atoms. The summed E-state index contributed by atoms with van der Waals surface area (Å²) in [4.78, 5) is 0. The molecule has 0 radical (unpaired) electrons. The van der Waals surface area contributed by atoms with E-state index < -0.39 is 0 Å². The van der Waals surface area contributed by atoms with E-state index in [2.05, 4.69) is 43.4 Å². The van der Waals surface area contributed by atoms with Gasteiger partial charge in [-0.1, -0.05) is 47.0 Å². The van der Waals surface area contributed by atoms with Crippen LogP contribution in [0, 0.1) is 5.92 Å². The second kappa shape index (κ2) is 8.05. The summed E-state index contributed by atoms with van der Waals surface area (Å²) < 4.78 is 0. The summed E-state index contributed by atoms with van der Waals surface area (Å²) in [6, 6.07) is 0. The molecule has 1 heterocycles.